The third kappa shape index (κ3) is 5.95. The minimum Gasteiger partial charge on any atom is -0.481 e. The summed E-state index contributed by atoms with van der Waals surface area (Å²) < 4.78 is 0. The summed E-state index contributed by atoms with van der Waals surface area (Å²) in [7, 11) is 0. The van der Waals surface area contributed by atoms with Gasteiger partial charge in [0.25, 0.3) is 0 Å². The Morgan fingerprint density at radius 2 is 1.33 bits per heavy atom. The van der Waals surface area contributed by atoms with E-state index in [0.717, 1.165) is 33.5 Å². The molecule has 33 heavy (non-hydrogen) atoms. The summed E-state index contributed by atoms with van der Waals surface area (Å²) in [6.45, 7) is 2.32. The van der Waals surface area contributed by atoms with Gasteiger partial charge in [0.15, 0.2) is 0 Å². The summed E-state index contributed by atoms with van der Waals surface area (Å²) in [5, 5.41) is 13.3. The van der Waals surface area contributed by atoms with E-state index < -0.39 is 5.97 Å². The van der Waals surface area contributed by atoms with E-state index in [1.54, 1.807) is 0 Å². The van der Waals surface area contributed by atoms with Crippen molar-refractivity contribution in [3.05, 3.63) is 120 Å². The molecule has 1 N–H and O–H groups in total. The maximum absolute atomic E-state index is 11.0. The smallest absolute Gasteiger partial charge is 0.307 e. The highest BCUT2D eigenvalue weighted by Gasteiger charge is 2.05. The van der Waals surface area contributed by atoms with Crippen LogP contribution in [0.25, 0.3) is 22.3 Å². The summed E-state index contributed by atoms with van der Waals surface area (Å²) >= 11 is 0. The van der Waals surface area contributed by atoms with Crippen molar-refractivity contribution >= 4 is 11.7 Å². The van der Waals surface area contributed by atoms with Crippen molar-refractivity contribution in [1.29, 1.82) is 0 Å². The van der Waals surface area contributed by atoms with Crippen LogP contribution in [0.1, 0.15) is 23.6 Å². The van der Waals surface area contributed by atoms with Crippen LogP contribution in [-0.4, -0.2) is 16.8 Å². The first-order chi connectivity index (χ1) is 16.1. The van der Waals surface area contributed by atoms with Gasteiger partial charge < -0.3 is 9.94 Å². The fourth-order valence-electron chi connectivity index (χ4n) is 3.62. The lowest BCUT2D eigenvalue weighted by Gasteiger charge is -2.07. The van der Waals surface area contributed by atoms with Crippen molar-refractivity contribution in [2.24, 2.45) is 5.16 Å². The molecule has 0 saturated carbocycles. The molecule has 164 valence electrons. The normalized spacial score (nSPS) is 11.2. The highest BCUT2D eigenvalue weighted by atomic mass is 16.6. The summed E-state index contributed by atoms with van der Waals surface area (Å²) in [5.74, 6) is -0.832. The lowest BCUT2D eigenvalue weighted by Crippen LogP contribution is -2.00. The first-order valence-electron chi connectivity index (χ1n) is 10.8. The maximum atomic E-state index is 11.0. The fraction of sp³-hybridized carbons (Fsp3) is 0.103. The molecule has 0 heterocycles. The van der Waals surface area contributed by atoms with E-state index in [1.807, 2.05) is 73.7 Å². The van der Waals surface area contributed by atoms with Gasteiger partial charge in [0, 0.05) is 0 Å². The van der Waals surface area contributed by atoms with Crippen LogP contribution in [0, 0.1) is 0 Å². The molecule has 0 aliphatic rings. The Bertz CT molecular complexity index is 1240. The molecule has 0 radical (unpaired) electrons. The van der Waals surface area contributed by atoms with Gasteiger partial charge in [0.05, 0.1) is 12.1 Å². The van der Waals surface area contributed by atoms with Crippen LogP contribution in [0.3, 0.4) is 0 Å². The quantitative estimate of drug-likeness (QED) is 0.251. The van der Waals surface area contributed by atoms with Gasteiger partial charge in [0.2, 0.25) is 0 Å². The Kier molecular flexibility index (Phi) is 6.96. The zero-order chi connectivity index (χ0) is 23.0. The molecule has 0 aliphatic heterocycles. The highest BCUT2D eigenvalue weighted by molar-refractivity contribution is 5.98. The van der Waals surface area contributed by atoms with Gasteiger partial charge in [-0.05, 0) is 45.9 Å². The van der Waals surface area contributed by atoms with Gasteiger partial charge in [-0.15, -0.1) is 0 Å². The second kappa shape index (κ2) is 10.4. The largest absolute Gasteiger partial charge is 0.481 e. The molecular weight excluding hydrogens is 410 g/mol. The fourth-order valence-corrected chi connectivity index (χ4v) is 3.62. The van der Waals surface area contributed by atoms with Crippen LogP contribution < -0.4 is 0 Å². The van der Waals surface area contributed by atoms with E-state index in [4.69, 9.17) is 9.94 Å². The lowest BCUT2D eigenvalue weighted by molar-refractivity contribution is -0.136. The summed E-state index contributed by atoms with van der Waals surface area (Å²) in [6, 6.07) is 34.2. The lowest BCUT2D eigenvalue weighted by atomic mass is 10.00. The molecule has 0 amide bonds. The van der Waals surface area contributed by atoms with Gasteiger partial charge >= 0.3 is 5.97 Å². The number of hydrogen-bond donors (Lipinski definition) is 1. The number of nitrogens with zero attached hydrogens (tertiary/aromatic N) is 1. The van der Waals surface area contributed by atoms with Crippen LogP contribution in [0.4, 0.5) is 0 Å². The van der Waals surface area contributed by atoms with E-state index >= 15 is 0 Å². The molecule has 0 saturated heterocycles. The second-order valence-electron chi connectivity index (χ2n) is 7.86. The molecule has 4 aromatic carbocycles. The van der Waals surface area contributed by atoms with Crippen molar-refractivity contribution in [1.82, 2.24) is 0 Å². The number of rotatable bonds is 8. The number of carboxylic acids is 1. The summed E-state index contributed by atoms with van der Waals surface area (Å²) in [5.41, 5.74) is 7.99. The molecule has 0 atom stereocenters. The number of benzene rings is 4. The van der Waals surface area contributed by atoms with Crippen molar-refractivity contribution in [2.45, 2.75) is 20.0 Å². The van der Waals surface area contributed by atoms with E-state index in [1.165, 1.54) is 11.1 Å². The number of oxime groups is 1. The molecular formula is C29H25NO3. The van der Waals surface area contributed by atoms with Gasteiger partial charge in [0.1, 0.15) is 6.61 Å². The number of carbonyl (C=O) groups is 1. The van der Waals surface area contributed by atoms with E-state index in [2.05, 4.69) is 41.6 Å². The van der Waals surface area contributed by atoms with Crippen LogP contribution >= 0.6 is 0 Å². The van der Waals surface area contributed by atoms with Crippen LogP contribution in [0.15, 0.2) is 108 Å². The standard InChI is InChI=1S/C29H25NO3/c1-21(30-33-20-22-10-12-26(13-11-22)25-7-3-2-4-8-25)24-14-16-27(17-15-24)28-9-5-6-23(18-28)19-29(31)32/h2-18H,19-20H2,1H3,(H,31,32)/b30-21+. The Hall–Kier alpha value is -4.18. The van der Waals surface area contributed by atoms with Crippen molar-refractivity contribution in [3.63, 3.8) is 0 Å². The first kappa shape index (κ1) is 22.0. The molecule has 0 aliphatic carbocycles. The van der Waals surface area contributed by atoms with Crippen molar-refractivity contribution < 1.29 is 14.7 Å². The average molecular weight is 436 g/mol. The third-order valence-electron chi connectivity index (χ3n) is 5.41. The Balaban J connectivity index is 1.37. The Morgan fingerprint density at radius 3 is 2.03 bits per heavy atom. The van der Waals surface area contributed by atoms with Gasteiger partial charge in [-0.25, -0.2) is 0 Å². The second-order valence-corrected chi connectivity index (χ2v) is 7.86. The van der Waals surface area contributed by atoms with Crippen LogP contribution in [0.5, 0.6) is 0 Å². The van der Waals surface area contributed by atoms with Crippen molar-refractivity contribution in [2.75, 3.05) is 0 Å². The minimum absolute atomic E-state index is 0.0179. The zero-order valence-electron chi connectivity index (χ0n) is 18.4. The van der Waals surface area contributed by atoms with E-state index in [-0.39, 0.29) is 6.42 Å². The zero-order valence-corrected chi connectivity index (χ0v) is 18.4. The molecule has 0 fully saturated rings. The SMILES string of the molecule is C/C(=N\OCc1ccc(-c2ccccc2)cc1)c1ccc(-c2cccc(CC(=O)O)c2)cc1. The summed E-state index contributed by atoms with van der Waals surface area (Å²) in [6.07, 6.45) is 0.0179. The monoisotopic (exact) mass is 435 g/mol. The van der Waals surface area contributed by atoms with Gasteiger partial charge in [-0.3, -0.25) is 4.79 Å². The first-order valence-corrected chi connectivity index (χ1v) is 10.8. The number of aliphatic carboxylic acids is 1. The van der Waals surface area contributed by atoms with Crippen LogP contribution in [-0.2, 0) is 22.7 Å². The summed E-state index contributed by atoms with van der Waals surface area (Å²) in [4.78, 5) is 16.5. The molecule has 4 aromatic rings. The molecule has 0 bridgehead atoms. The van der Waals surface area contributed by atoms with Gasteiger partial charge in [-0.2, -0.15) is 0 Å². The molecule has 0 spiro atoms. The van der Waals surface area contributed by atoms with Gasteiger partial charge in [-0.1, -0.05) is 108 Å². The Labute approximate surface area is 193 Å². The molecule has 0 unspecified atom stereocenters. The van der Waals surface area contributed by atoms with E-state index in [9.17, 15) is 4.79 Å². The van der Waals surface area contributed by atoms with Crippen molar-refractivity contribution in [3.8, 4) is 22.3 Å². The Morgan fingerprint density at radius 1 is 0.727 bits per heavy atom. The third-order valence-corrected chi connectivity index (χ3v) is 5.41. The number of hydrogen-bond acceptors (Lipinski definition) is 3. The molecule has 4 heteroatoms. The maximum Gasteiger partial charge on any atom is 0.307 e. The average Bonchev–Trinajstić information content (AvgIpc) is 2.85. The molecule has 4 nitrogen and oxygen atoms in total. The highest BCUT2D eigenvalue weighted by Crippen LogP contribution is 2.22. The van der Waals surface area contributed by atoms with E-state index in [0.29, 0.717) is 6.61 Å². The molecule has 0 aromatic heterocycles. The molecule has 4 rings (SSSR count). The predicted molar refractivity (Wildman–Crippen MR) is 132 cm³/mol. The van der Waals surface area contributed by atoms with Crippen LogP contribution in [0.2, 0.25) is 0 Å². The predicted octanol–water partition coefficient (Wildman–Crippen LogP) is 6.59. The topological polar surface area (TPSA) is 58.9 Å². The minimum atomic E-state index is -0.832. The number of carboxylic acid groups (broad SMARTS) is 1.